The van der Waals surface area contributed by atoms with Crippen LogP contribution >= 0.6 is 0 Å². The lowest BCUT2D eigenvalue weighted by Crippen LogP contribution is -2.39. The van der Waals surface area contributed by atoms with E-state index >= 15 is 0 Å². The highest BCUT2D eigenvalue weighted by atomic mass is 16.5. The molecule has 7 heteroatoms. The van der Waals surface area contributed by atoms with Crippen LogP contribution < -0.4 is 10.6 Å². The molecular formula is C17H32N6O. The highest BCUT2D eigenvalue weighted by Gasteiger charge is 2.14. The van der Waals surface area contributed by atoms with Crippen molar-refractivity contribution in [1.29, 1.82) is 0 Å². The van der Waals surface area contributed by atoms with Gasteiger partial charge < -0.3 is 19.9 Å². The Hall–Kier alpha value is -1.63. The number of hydrogen-bond donors (Lipinski definition) is 2. The van der Waals surface area contributed by atoms with E-state index in [1.807, 2.05) is 6.92 Å². The Morgan fingerprint density at radius 3 is 2.88 bits per heavy atom. The first-order chi connectivity index (χ1) is 11.8. The monoisotopic (exact) mass is 336 g/mol. The maximum absolute atomic E-state index is 5.34. The summed E-state index contributed by atoms with van der Waals surface area (Å²) in [7, 11) is 1.80. The highest BCUT2D eigenvalue weighted by Crippen LogP contribution is 2.14. The maximum atomic E-state index is 5.34. The quantitative estimate of drug-likeness (QED) is 0.406. The first-order valence-corrected chi connectivity index (χ1v) is 9.28. The zero-order chi connectivity index (χ0) is 17.0. The van der Waals surface area contributed by atoms with E-state index in [1.165, 1.54) is 19.3 Å². The van der Waals surface area contributed by atoms with E-state index in [1.54, 1.807) is 7.05 Å². The summed E-state index contributed by atoms with van der Waals surface area (Å²) in [5.41, 5.74) is 0. The second-order valence-corrected chi connectivity index (χ2v) is 6.07. The van der Waals surface area contributed by atoms with Crippen molar-refractivity contribution in [3.63, 3.8) is 0 Å². The molecule has 136 valence electrons. The predicted molar refractivity (Wildman–Crippen MR) is 96.4 cm³/mol. The number of fused-ring (bicyclic) bond motifs is 1. The Bertz CT molecular complexity index is 499. The van der Waals surface area contributed by atoms with Crippen molar-refractivity contribution in [3.8, 4) is 0 Å². The number of ether oxygens (including phenoxy) is 1. The van der Waals surface area contributed by atoms with Crippen LogP contribution in [0.4, 0.5) is 0 Å². The standard InChI is InChI=1S/C17H32N6O/c1-3-24-14-8-6-11-19-17(18-2)20-12-10-16-22-21-15-9-5-4-7-13-23(15)16/h3-14H2,1-2H3,(H2,18,19,20). The molecule has 0 radical (unpaired) electrons. The first kappa shape index (κ1) is 18.7. The normalized spacial score (nSPS) is 15.0. The van der Waals surface area contributed by atoms with E-state index in [9.17, 15) is 0 Å². The summed E-state index contributed by atoms with van der Waals surface area (Å²) in [6, 6.07) is 0. The van der Waals surface area contributed by atoms with Gasteiger partial charge >= 0.3 is 0 Å². The van der Waals surface area contributed by atoms with Crippen molar-refractivity contribution >= 4 is 5.96 Å². The molecule has 2 rings (SSSR count). The summed E-state index contributed by atoms with van der Waals surface area (Å²) in [4.78, 5) is 4.26. The number of hydrogen-bond acceptors (Lipinski definition) is 4. The molecule has 1 aromatic rings. The lowest BCUT2D eigenvalue weighted by Gasteiger charge is -2.12. The van der Waals surface area contributed by atoms with E-state index in [0.717, 1.165) is 76.1 Å². The fourth-order valence-electron chi connectivity index (χ4n) is 2.92. The van der Waals surface area contributed by atoms with Crippen LogP contribution in [0.3, 0.4) is 0 Å². The van der Waals surface area contributed by atoms with Crippen LogP contribution in [-0.2, 0) is 24.1 Å². The number of unbranched alkanes of at least 4 members (excludes halogenated alkanes) is 1. The van der Waals surface area contributed by atoms with Crippen LogP contribution in [0.1, 0.15) is 50.7 Å². The molecule has 1 aliphatic rings. The Morgan fingerprint density at radius 2 is 2.04 bits per heavy atom. The Morgan fingerprint density at radius 1 is 1.17 bits per heavy atom. The minimum absolute atomic E-state index is 0.795. The fraction of sp³-hybridized carbons (Fsp3) is 0.824. The molecule has 0 aromatic carbocycles. The van der Waals surface area contributed by atoms with Crippen LogP contribution in [0.25, 0.3) is 0 Å². The van der Waals surface area contributed by atoms with E-state index < -0.39 is 0 Å². The zero-order valence-corrected chi connectivity index (χ0v) is 15.2. The molecule has 0 aliphatic carbocycles. The molecule has 0 unspecified atom stereocenters. The number of guanidine groups is 1. The topological polar surface area (TPSA) is 76.4 Å². The van der Waals surface area contributed by atoms with Gasteiger partial charge in [-0.15, -0.1) is 10.2 Å². The van der Waals surface area contributed by atoms with Crippen LogP contribution in [0.5, 0.6) is 0 Å². The van der Waals surface area contributed by atoms with E-state index in [4.69, 9.17) is 4.74 Å². The van der Waals surface area contributed by atoms with Gasteiger partial charge in [-0.1, -0.05) is 6.42 Å². The van der Waals surface area contributed by atoms with E-state index in [2.05, 4.69) is 30.4 Å². The van der Waals surface area contributed by atoms with Gasteiger partial charge in [-0.25, -0.2) is 0 Å². The van der Waals surface area contributed by atoms with Crippen LogP contribution in [0.2, 0.25) is 0 Å². The van der Waals surface area contributed by atoms with Crippen molar-refractivity contribution in [2.45, 2.75) is 58.4 Å². The van der Waals surface area contributed by atoms with Gasteiger partial charge in [0.2, 0.25) is 0 Å². The van der Waals surface area contributed by atoms with Crippen LogP contribution in [0.15, 0.2) is 4.99 Å². The molecule has 0 bridgehead atoms. The number of nitrogens with one attached hydrogen (secondary N) is 2. The maximum Gasteiger partial charge on any atom is 0.190 e. The minimum Gasteiger partial charge on any atom is -0.382 e. The third kappa shape index (κ3) is 6.11. The molecular weight excluding hydrogens is 304 g/mol. The molecule has 24 heavy (non-hydrogen) atoms. The summed E-state index contributed by atoms with van der Waals surface area (Å²) in [6.07, 6.45) is 7.85. The second kappa shape index (κ2) is 11.0. The third-order valence-electron chi connectivity index (χ3n) is 4.26. The Balaban J connectivity index is 1.66. The number of aryl methyl sites for hydroxylation is 1. The fourth-order valence-corrected chi connectivity index (χ4v) is 2.92. The summed E-state index contributed by atoms with van der Waals surface area (Å²) in [6.45, 7) is 6.44. The molecule has 7 nitrogen and oxygen atoms in total. The molecule has 2 N–H and O–H groups in total. The second-order valence-electron chi connectivity index (χ2n) is 6.07. The molecule has 0 saturated carbocycles. The van der Waals surface area contributed by atoms with Crippen molar-refractivity contribution in [3.05, 3.63) is 11.6 Å². The Labute approximate surface area is 145 Å². The molecule has 0 amide bonds. The van der Waals surface area contributed by atoms with Gasteiger partial charge in [0.25, 0.3) is 0 Å². The molecule has 1 aliphatic heterocycles. The lowest BCUT2D eigenvalue weighted by molar-refractivity contribution is 0.143. The average Bonchev–Trinajstić information content (AvgIpc) is 2.83. The average molecular weight is 336 g/mol. The van der Waals surface area contributed by atoms with Gasteiger partial charge in [-0.05, 0) is 32.6 Å². The van der Waals surface area contributed by atoms with Crippen molar-refractivity contribution < 1.29 is 4.74 Å². The molecule has 2 heterocycles. The largest absolute Gasteiger partial charge is 0.382 e. The highest BCUT2D eigenvalue weighted by molar-refractivity contribution is 5.79. The van der Waals surface area contributed by atoms with Gasteiger partial charge in [0.15, 0.2) is 5.96 Å². The van der Waals surface area contributed by atoms with Gasteiger partial charge in [0.05, 0.1) is 0 Å². The van der Waals surface area contributed by atoms with Gasteiger partial charge in [0, 0.05) is 52.7 Å². The lowest BCUT2D eigenvalue weighted by atomic mass is 10.2. The molecule has 1 aromatic heterocycles. The SMILES string of the molecule is CCOCCCCNC(=NC)NCCc1nnc2n1CCCCC2. The molecule has 0 fully saturated rings. The van der Waals surface area contributed by atoms with Gasteiger partial charge in [-0.2, -0.15) is 0 Å². The number of aromatic nitrogens is 3. The smallest absolute Gasteiger partial charge is 0.190 e. The summed E-state index contributed by atoms with van der Waals surface area (Å²) in [5, 5.41) is 15.4. The van der Waals surface area contributed by atoms with Crippen molar-refractivity contribution in [1.82, 2.24) is 25.4 Å². The number of aliphatic imine (C=N–C) groups is 1. The summed E-state index contributed by atoms with van der Waals surface area (Å²) in [5.74, 6) is 3.09. The minimum atomic E-state index is 0.795. The van der Waals surface area contributed by atoms with Gasteiger partial charge in [-0.3, -0.25) is 4.99 Å². The number of rotatable bonds is 9. The first-order valence-electron chi connectivity index (χ1n) is 9.28. The Kier molecular flexibility index (Phi) is 8.59. The van der Waals surface area contributed by atoms with Gasteiger partial charge in [0.1, 0.15) is 11.6 Å². The predicted octanol–water partition coefficient (Wildman–Crippen LogP) is 1.53. The molecule has 0 saturated heterocycles. The zero-order valence-electron chi connectivity index (χ0n) is 15.2. The summed E-state index contributed by atoms with van der Waals surface area (Å²) >= 11 is 0. The summed E-state index contributed by atoms with van der Waals surface area (Å²) < 4.78 is 7.64. The molecule has 0 spiro atoms. The van der Waals surface area contributed by atoms with Crippen molar-refractivity contribution in [2.24, 2.45) is 4.99 Å². The van der Waals surface area contributed by atoms with E-state index in [0.29, 0.717) is 0 Å². The van der Waals surface area contributed by atoms with Crippen molar-refractivity contribution in [2.75, 3.05) is 33.4 Å². The van der Waals surface area contributed by atoms with E-state index in [-0.39, 0.29) is 0 Å². The number of nitrogens with zero attached hydrogens (tertiary/aromatic N) is 4. The van der Waals surface area contributed by atoms with Crippen LogP contribution in [0, 0.1) is 0 Å². The third-order valence-corrected chi connectivity index (χ3v) is 4.26. The van der Waals surface area contributed by atoms with Crippen LogP contribution in [-0.4, -0.2) is 54.1 Å². The molecule has 0 atom stereocenters.